The lowest BCUT2D eigenvalue weighted by atomic mass is 10.0. The quantitative estimate of drug-likeness (QED) is 0.0128. The summed E-state index contributed by atoms with van der Waals surface area (Å²) in [5, 5.41) is 38.4. The van der Waals surface area contributed by atoms with Gasteiger partial charge in [0, 0.05) is 12.8 Å². The number of aliphatic hydroxyl groups excluding tert-OH is 4. The van der Waals surface area contributed by atoms with Crippen molar-refractivity contribution in [2.45, 2.75) is 212 Å². The molecule has 0 bridgehead atoms. The van der Waals surface area contributed by atoms with Crippen molar-refractivity contribution in [3.05, 3.63) is 72.9 Å². The van der Waals surface area contributed by atoms with Crippen molar-refractivity contribution in [3.63, 3.8) is 0 Å². The Kier molecular flexibility index (Phi) is 43.3. The Bertz CT molecular complexity index is 1360. The highest BCUT2D eigenvalue weighted by atomic mass is 31.2. The molecule has 0 aromatic heterocycles. The number of ether oxygens (including phenoxy) is 2. The Morgan fingerprint density at radius 2 is 1.11 bits per heavy atom. The van der Waals surface area contributed by atoms with Crippen molar-refractivity contribution in [1.82, 2.24) is 0 Å². The predicted octanol–water partition coefficient (Wildman–Crippen LogP) is 11.8. The van der Waals surface area contributed by atoms with Crippen molar-refractivity contribution in [1.29, 1.82) is 0 Å². The molecule has 0 aliphatic rings. The molecule has 0 aliphatic carbocycles. The van der Waals surface area contributed by atoms with Crippen LogP contribution in [0, 0.1) is 5.92 Å². The summed E-state index contributed by atoms with van der Waals surface area (Å²) >= 11 is 0. The van der Waals surface area contributed by atoms with E-state index < -0.39 is 64.0 Å². The number of aliphatic hydroxyl groups is 4. The molecule has 0 aromatic rings. The molecule has 376 valence electrons. The third-order valence-corrected chi connectivity index (χ3v) is 11.4. The minimum Gasteiger partial charge on any atom is -0.462 e. The number of allylic oxidation sites excluding steroid dienone is 8. The van der Waals surface area contributed by atoms with E-state index in [-0.39, 0.29) is 19.4 Å². The number of rotatable bonds is 45. The van der Waals surface area contributed by atoms with Crippen LogP contribution >= 0.6 is 7.82 Å². The zero-order valence-corrected chi connectivity index (χ0v) is 41.5. The van der Waals surface area contributed by atoms with Crippen molar-refractivity contribution in [3.8, 4) is 0 Å². The molecule has 13 heteroatoms. The molecule has 5 atom stereocenters. The third-order valence-electron chi connectivity index (χ3n) is 10.5. The van der Waals surface area contributed by atoms with Gasteiger partial charge < -0.3 is 34.8 Å². The topological polar surface area (TPSA) is 189 Å². The molecule has 0 aromatic carbocycles. The lowest BCUT2D eigenvalue weighted by Gasteiger charge is -2.20. The van der Waals surface area contributed by atoms with Crippen LogP contribution in [0.15, 0.2) is 72.9 Å². The number of esters is 2. The Morgan fingerprint density at radius 3 is 1.66 bits per heavy atom. The second-order valence-electron chi connectivity index (χ2n) is 17.3. The maximum atomic E-state index is 12.7. The molecule has 0 fully saturated rings. The maximum absolute atomic E-state index is 12.7. The van der Waals surface area contributed by atoms with Gasteiger partial charge in [0.2, 0.25) is 0 Å². The van der Waals surface area contributed by atoms with Crippen molar-refractivity contribution >= 4 is 19.8 Å². The number of hydrogen-bond donors (Lipinski definition) is 5. The highest BCUT2D eigenvalue weighted by Crippen LogP contribution is 2.43. The molecule has 0 spiro atoms. The first-order valence-corrected chi connectivity index (χ1v) is 26.5. The average Bonchev–Trinajstić information content (AvgIpc) is 3.27. The standard InChI is InChI=1S/C52H91O12P/c1-4-5-28-36-47(54)37-30-24-20-18-21-25-31-38-48(55)39-32-27-34-41-52(58)64-50(45-63-65(59,60)62-43-49(56)42-53)44-61-51(57)40-33-26-22-17-15-13-11-9-7-6-8-10-12-14-16-19-23-29-35-46(2)3/h5,20-21,24-25,28,30-32,37-39,46-50,53-56H,4,6-19,22-23,26-27,29,33-36,40-45H2,1-3H3,(H,59,60)/b24-20-,25-21-,28-5-,37-30+,38-31+,39-32-/t47-,48-,49-,50+/m0/s1. The summed E-state index contributed by atoms with van der Waals surface area (Å²) in [6.45, 7) is 4.33. The van der Waals surface area contributed by atoms with Crippen LogP contribution in [0.1, 0.15) is 188 Å². The lowest BCUT2D eigenvalue weighted by Crippen LogP contribution is -2.29. The number of phosphoric ester groups is 1. The molecule has 12 nitrogen and oxygen atoms in total. The summed E-state index contributed by atoms with van der Waals surface area (Å²) in [6, 6.07) is 0. The van der Waals surface area contributed by atoms with Crippen LogP contribution < -0.4 is 0 Å². The summed E-state index contributed by atoms with van der Waals surface area (Å²) in [5.41, 5.74) is 0. The molecule has 0 saturated carbocycles. The van der Waals surface area contributed by atoms with Gasteiger partial charge in [-0.3, -0.25) is 18.6 Å². The zero-order chi connectivity index (χ0) is 48.1. The summed E-state index contributed by atoms with van der Waals surface area (Å²) in [4.78, 5) is 35.1. The molecule has 0 heterocycles. The van der Waals surface area contributed by atoms with Crippen LogP contribution in [0.25, 0.3) is 0 Å². The fraction of sp³-hybridized carbons (Fsp3) is 0.731. The molecule has 5 N–H and O–H groups in total. The minimum absolute atomic E-state index is 0.00394. The van der Waals surface area contributed by atoms with Gasteiger partial charge >= 0.3 is 19.8 Å². The summed E-state index contributed by atoms with van der Waals surface area (Å²) in [5.74, 6) is -0.272. The monoisotopic (exact) mass is 939 g/mol. The second-order valence-corrected chi connectivity index (χ2v) is 18.8. The van der Waals surface area contributed by atoms with E-state index in [0.29, 0.717) is 32.1 Å². The van der Waals surface area contributed by atoms with Gasteiger partial charge in [0.1, 0.15) is 12.7 Å². The molecule has 0 radical (unpaired) electrons. The van der Waals surface area contributed by atoms with Crippen molar-refractivity contribution < 1.29 is 58.0 Å². The first kappa shape index (κ1) is 62.3. The third kappa shape index (κ3) is 46.2. The number of unbranched alkanes of at least 4 members (excludes halogenated alkanes) is 18. The van der Waals surface area contributed by atoms with Crippen molar-refractivity contribution in [2.24, 2.45) is 5.92 Å². The van der Waals surface area contributed by atoms with Gasteiger partial charge in [-0.2, -0.15) is 0 Å². The number of carbonyl (C=O) groups is 2. The van der Waals surface area contributed by atoms with E-state index in [2.05, 4.69) is 18.4 Å². The Balaban J connectivity index is 4.41. The largest absolute Gasteiger partial charge is 0.472 e. The Hall–Kier alpha value is -2.67. The van der Waals surface area contributed by atoms with E-state index in [1.54, 1.807) is 30.4 Å². The number of phosphoric acid groups is 1. The first-order chi connectivity index (χ1) is 31.4. The van der Waals surface area contributed by atoms with Crippen LogP contribution in [-0.2, 0) is 32.7 Å². The average molecular weight is 939 g/mol. The van der Waals surface area contributed by atoms with E-state index in [4.69, 9.17) is 19.1 Å². The zero-order valence-electron chi connectivity index (χ0n) is 40.6. The molecule has 0 saturated heterocycles. The van der Waals surface area contributed by atoms with E-state index >= 15 is 0 Å². The molecule has 0 rings (SSSR count). The molecule has 0 amide bonds. The van der Waals surface area contributed by atoms with Crippen LogP contribution in [0.5, 0.6) is 0 Å². The van der Waals surface area contributed by atoms with Gasteiger partial charge in [-0.25, -0.2) is 4.57 Å². The minimum atomic E-state index is -4.68. The van der Waals surface area contributed by atoms with Crippen molar-refractivity contribution in [2.75, 3.05) is 26.4 Å². The molecular formula is C52H91O12P. The normalized spacial score (nSPS) is 15.3. The van der Waals surface area contributed by atoms with E-state index in [9.17, 15) is 34.4 Å². The van der Waals surface area contributed by atoms with E-state index in [1.807, 2.05) is 49.5 Å². The van der Waals surface area contributed by atoms with E-state index in [0.717, 1.165) is 31.6 Å². The molecular weight excluding hydrogens is 848 g/mol. The fourth-order valence-corrected chi connectivity index (χ4v) is 7.41. The fourth-order valence-electron chi connectivity index (χ4n) is 6.63. The summed E-state index contributed by atoms with van der Waals surface area (Å²) < 4.78 is 32.7. The smallest absolute Gasteiger partial charge is 0.462 e. The Morgan fingerprint density at radius 1 is 0.585 bits per heavy atom. The van der Waals surface area contributed by atoms with Gasteiger partial charge in [-0.05, 0) is 44.4 Å². The van der Waals surface area contributed by atoms with Gasteiger partial charge in [0.05, 0.1) is 32.0 Å². The van der Waals surface area contributed by atoms with Crippen LogP contribution in [0.3, 0.4) is 0 Å². The number of carbonyl (C=O) groups excluding carboxylic acids is 2. The van der Waals surface area contributed by atoms with Crippen LogP contribution in [-0.4, -0.2) is 88.1 Å². The molecule has 1 unspecified atom stereocenters. The summed E-state index contributed by atoms with van der Waals surface area (Å²) in [6.07, 6.45) is 45.2. The van der Waals surface area contributed by atoms with Gasteiger partial charge in [0.15, 0.2) is 6.10 Å². The Labute approximate surface area is 394 Å². The highest BCUT2D eigenvalue weighted by molar-refractivity contribution is 7.47. The number of hydrogen-bond acceptors (Lipinski definition) is 11. The van der Waals surface area contributed by atoms with Gasteiger partial charge in [-0.15, -0.1) is 0 Å². The SMILES string of the molecule is CC/C=C\C[C@H](O)/C=C/C=C\C/C=C\C=C\[C@H](O)/C=C\CCCC(=O)O[C@H](COC(=O)CCCCCCCCCCCCCCCCCCCCC(C)C)COP(=O)(O)OC[C@@H](O)CO. The highest BCUT2D eigenvalue weighted by Gasteiger charge is 2.27. The lowest BCUT2D eigenvalue weighted by molar-refractivity contribution is -0.161. The molecule has 0 aliphatic heterocycles. The van der Waals surface area contributed by atoms with Crippen LogP contribution in [0.4, 0.5) is 0 Å². The second kappa shape index (κ2) is 45.1. The first-order valence-electron chi connectivity index (χ1n) is 25.0. The van der Waals surface area contributed by atoms with E-state index in [1.165, 1.54) is 96.3 Å². The van der Waals surface area contributed by atoms with Gasteiger partial charge in [-0.1, -0.05) is 209 Å². The van der Waals surface area contributed by atoms with Gasteiger partial charge in [0.25, 0.3) is 0 Å². The van der Waals surface area contributed by atoms with Crippen LogP contribution in [0.2, 0.25) is 0 Å². The molecule has 65 heavy (non-hydrogen) atoms. The predicted molar refractivity (Wildman–Crippen MR) is 263 cm³/mol. The summed E-state index contributed by atoms with van der Waals surface area (Å²) in [7, 11) is -4.68. The maximum Gasteiger partial charge on any atom is 0.472 e.